The number of nitrogens with zero attached hydrogens (tertiary/aromatic N) is 2. The van der Waals surface area contributed by atoms with E-state index in [0.717, 1.165) is 40.2 Å². The number of hydrogen-bond acceptors (Lipinski definition) is 6. The monoisotopic (exact) mass is 454 g/mol. The fourth-order valence-corrected chi connectivity index (χ4v) is 4.86. The number of anilines is 2. The number of thiazole rings is 1. The molecule has 0 unspecified atom stereocenters. The molecule has 2 amide bonds. The quantitative estimate of drug-likeness (QED) is 0.481. The molecule has 162 valence electrons. The molecule has 3 aromatic rings. The van der Waals surface area contributed by atoms with Gasteiger partial charge in [0.25, 0.3) is 0 Å². The Hall–Kier alpha value is -2.55. The Morgan fingerprint density at radius 2 is 1.97 bits per heavy atom. The number of aryl methyl sites for hydroxylation is 2. The first-order valence-electron chi connectivity index (χ1n) is 10.4. The highest BCUT2D eigenvalue weighted by Gasteiger charge is 2.30. The SMILES string of the molecule is Cc1ccc(C)c(NC(=O)CN(CCC(=O)Nc2nc(-c3cccs3)cs2)C2CC2)c1. The molecule has 1 aliphatic rings. The van der Waals surface area contributed by atoms with Gasteiger partial charge < -0.3 is 10.6 Å². The molecule has 8 heteroatoms. The van der Waals surface area contributed by atoms with Gasteiger partial charge in [0.05, 0.1) is 17.1 Å². The number of hydrogen-bond donors (Lipinski definition) is 2. The van der Waals surface area contributed by atoms with E-state index in [2.05, 4.69) is 20.5 Å². The van der Waals surface area contributed by atoms with E-state index in [-0.39, 0.29) is 11.8 Å². The van der Waals surface area contributed by atoms with Crippen LogP contribution in [-0.2, 0) is 9.59 Å². The highest BCUT2D eigenvalue weighted by molar-refractivity contribution is 7.16. The highest BCUT2D eigenvalue weighted by atomic mass is 32.1. The van der Waals surface area contributed by atoms with Crippen molar-refractivity contribution in [3.05, 3.63) is 52.2 Å². The average Bonchev–Trinajstić information content (AvgIpc) is 3.22. The Bertz CT molecular complexity index is 1060. The molecule has 1 saturated carbocycles. The zero-order chi connectivity index (χ0) is 21.8. The van der Waals surface area contributed by atoms with Crippen molar-refractivity contribution in [3.63, 3.8) is 0 Å². The summed E-state index contributed by atoms with van der Waals surface area (Å²) >= 11 is 3.06. The number of carbonyl (C=O) groups excluding carboxylic acids is 2. The number of thiophene rings is 1. The number of rotatable bonds is 9. The maximum Gasteiger partial charge on any atom is 0.238 e. The van der Waals surface area contributed by atoms with E-state index in [1.54, 1.807) is 11.3 Å². The first-order valence-corrected chi connectivity index (χ1v) is 12.1. The van der Waals surface area contributed by atoms with Gasteiger partial charge in [-0.1, -0.05) is 18.2 Å². The third-order valence-electron chi connectivity index (χ3n) is 5.23. The maximum absolute atomic E-state index is 12.6. The molecule has 1 aliphatic carbocycles. The molecular weight excluding hydrogens is 428 g/mol. The van der Waals surface area contributed by atoms with Crippen molar-refractivity contribution in [2.75, 3.05) is 23.7 Å². The topological polar surface area (TPSA) is 74.3 Å². The minimum absolute atomic E-state index is 0.0403. The van der Waals surface area contributed by atoms with Gasteiger partial charge in [0.1, 0.15) is 0 Å². The second-order valence-corrected chi connectivity index (χ2v) is 9.69. The lowest BCUT2D eigenvalue weighted by molar-refractivity contribution is -0.119. The summed E-state index contributed by atoms with van der Waals surface area (Å²) in [6.45, 7) is 4.85. The van der Waals surface area contributed by atoms with Gasteiger partial charge in [-0.25, -0.2) is 4.98 Å². The van der Waals surface area contributed by atoms with Crippen molar-refractivity contribution >= 4 is 45.3 Å². The van der Waals surface area contributed by atoms with Crippen LogP contribution in [0.2, 0.25) is 0 Å². The summed E-state index contributed by atoms with van der Waals surface area (Å²) in [6, 6.07) is 10.4. The minimum atomic E-state index is -0.0762. The van der Waals surface area contributed by atoms with Gasteiger partial charge in [0.2, 0.25) is 11.8 Å². The summed E-state index contributed by atoms with van der Waals surface area (Å²) in [7, 11) is 0. The standard InChI is InChI=1S/C23H26N4O2S2/c1-15-5-6-16(2)18(12-15)24-22(29)13-27(17-7-8-17)10-9-21(28)26-23-25-19(14-31-23)20-4-3-11-30-20/h3-6,11-12,14,17H,7-10,13H2,1-2H3,(H,24,29)(H,25,26,28). The van der Waals surface area contributed by atoms with Crippen LogP contribution in [0.3, 0.4) is 0 Å². The van der Waals surface area contributed by atoms with Crippen molar-refractivity contribution in [1.29, 1.82) is 0 Å². The Labute approximate surface area is 190 Å². The normalized spacial score (nSPS) is 13.4. The van der Waals surface area contributed by atoms with Crippen molar-refractivity contribution in [1.82, 2.24) is 9.88 Å². The molecule has 0 spiro atoms. The van der Waals surface area contributed by atoms with Gasteiger partial charge in [-0.05, 0) is 55.3 Å². The molecule has 4 rings (SSSR count). The van der Waals surface area contributed by atoms with Crippen LogP contribution in [-0.4, -0.2) is 40.8 Å². The van der Waals surface area contributed by atoms with Crippen molar-refractivity contribution < 1.29 is 9.59 Å². The fourth-order valence-electron chi connectivity index (χ4n) is 3.37. The van der Waals surface area contributed by atoms with Crippen LogP contribution in [0.25, 0.3) is 10.6 Å². The summed E-state index contributed by atoms with van der Waals surface area (Å²) in [5.74, 6) is -0.116. The molecule has 0 aliphatic heterocycles. The molecule has 1 aromatic carbocycles. The van der Waals surface area contributed by atoms with Crippen molar-refractivity contribution in [2.45, 2.75) is 39.2 Å². The van der Waals surface area contributed by atoms with Crippen LogP contribution in [0.5, 0.6) is 0 Å². The Balaban J connectivity index is 1.28. The summed E-state index contributed by atoms with van der Waals surface area (Å²) in [5, 5.41) is 10.5. The zero-order valence-corrected chi connectivity index (χ0v) is 19.3. The molecule has 1 fully saturated rings. The van der Waals surface area contributed by atoms with E-state index < -0.39 is 0 Å². The molecule has 0 atom stereocenters. The van der Waals surface area contributed by atoms with Crippen molar-refractivity contribution in [2.24, 2.45) is 0 Å². The molecule has 2 aromatic heterocycles. The predicted molar refractivity (Wildman–Crippen MR) is 128 cm³/mol. The maximum atomic E-state index is 12.6. The van der Waals surface area contributed by atoms with Gasteiger partial charge in [0.15, 0.2) is 5.13 Å². The molecule has 0 radical (unpaired) electrons. The first-order chi connectivity index (χ1) is 15.0. The van der Waals surface area contributed by atoms with Crippen LogP contribution < -0.4 is 10.6 Å². The van der Waals surface area contributed by atoms with Crippen molar-refractivity contribution in [3.8, 4) is 10.6 Å². The molecular formula is C23H26N4O2S2. The van der Waals surface area contributed by atoms with E-state index >= 15 is 0 Å². The van der Waals surface area contributed by atoms with E-state index in [1.165, 1.54) is 11.3 Å². The predicted octanol–water partition coefficient (Wildman–Crippen LogP) is 4.92. The van der Waals surface area contributed by atoms with Crippen LogP contribution in [0, 0.1) is 13.8 Å². The van der Waals surface area contributed by atoms with Gasteiger partial charge >= 0.3 is 0 Å². The van der Waals surface area contributed by atoms with Gasteiger partial charge in [-0.15, -0.1) is 22.7 Å². The lowest BCUT2D eigenvalue weighted by atomic mass is 10.1. The van der Waals surface area contributed by atoms with Crippen LogP contribution in [0.4, 0.5) is 10.8 Å². The molecule has 0 bridgehead atoms. The number of aromatic nitrogens is 1. The average molecular weight is 455 g/mol. The van der Waals surface area contributed by atoms with Crippen LogP contribution >= 0.6 is 22.7 Å². The summed E-state index contributed by atoms with van der Waals surface area (Å²) in [4.78, 5) is 32.8. The number of nitrogens with one attached hydrogen (secondary N) is 2. The summed E-state index contributed by atoms with van der Waals surface area (Å²) in [5.41, 5.74) is 3.89. The second kappa shape index (κ2) is 9.72. The van der Waals surface area contributed by atoms with Gasteiger partial charge in [-0.3, -0.25) is 14.5 Å². The first kappa shape index (κ1) is 21.7. The zero-order valence-electron chi connectivity index (χ0n) is 17.7. The highest BCUT2D eigenvalue weighted by Crippen LogP contribution is 2.29. The molecule has 31 heavy (non-hydrogen) atoms. The second-order valence-electron chi connectivity index (χ2n) is 7.88. The minimum Gasteiger partial charge on any atom is -0.325 e. The Morgan fingerprint density at radius 1 is 1.13 bits per heavy atom. The van der Waals surface area contributed by atoms with E-state index in [0.29, 0.717) is 30.7 Å². The Kier molecular flexibility index (Phi) is 6.80. The largest absolute Gasteiger partial charge is 0.325 e. The third-order valence-corrected chi connectivity index (χ3v) is 6.88. The Morgan fingerprint density at radius 3 is 2.71 bits per heavy atom. The third kappa shape index (κ3) is 6.00. The smallest absolute Gasteiger partial charge is 0.238 e. The van der Waals surface area contributed by atoms with Gasteiger partial charge in [0, 0.05) is 30.1 Å². The van der Waals surface area contributed by atoms with Gasteiger partial charge in [-0.2, -0.15) is 0 Å². The number of amides is 2. The van der Waals surface area contributed by atoms with Crippen LogP contribution in [0.1, 0.15) is 30.4 Å². The van der Waals surface area contributed by atoms with Crippen LogP contribution in [0.15, 0.2) is 41.1 Å². The van der Waals surface area contributed by atoms with E-state index in [1.807, 2.05) is 54.9 Å². The summed E-state index contributed by atoms with van der Waals surface area (Å²) < 4.78 is 0. The lowest BCUT2D eigenvalue weighted by Crippen LogP contribution is -2.37. The number of benzene rings is 1. The fraction of sp³-hybridized carbons (Fsp3) is 0.348. The summed E-state index contributed by atoms with van der Waals surface area (Å²) in [6.07, 6.45) is 2.49. The molecule has 2 heterocycles. The number of carbonyl (C=O) groups is 2. The molecule has 6 nitrogen and oxygen atoms in total. The van der Waals surface area contributed by atoms with E-state index in [4.69, 9.17) is 0 Å². The lowest BCUT2D eigenvalue weighted by Gasteiger charge is -2.21. The molecule has 0 saturated heterocycles. The van der Waals surface area contributed by atoms with E-state index in [9.17, 15) is 9.59 Å². The molecule has 2 N–H and O–H groups in total.